The number of nitrogens with one attached hydrogen (secondary N) is 1. The van der Waals surface area contributed by atoms with Crippen molar-refractivity contribution < 1.29 is 14.5 Å². The summed E-state index contributed by atoms with van der Waals surface area (Å²) < 4.78 is 4.63. The van der Waals surface area contributed by atoms with Crippen LogP contribution in [0.25, 0.3) is 0 Å². The van der Waals surface area contributed by atoms with E-state index in [2.05, 4.69) is 15.3 Å². The van der Waals surface area contributed by atoms with Gasteiger partial charge in [0.2, 0.25) is 5.17 Å². The van der Waals surface area contributed by atoms with E-state index in [9.17, 15) is 14.9 Å². The topological polar surface area (TPSA) is 93.8 Å². The lowest BCUT2D eigenvalue weighted by Crippen LogP contribution is -2.13. The number of anilines is 1. The molecule has 0 bridgehead atoms. The third kappa shape index (κ3) is 4.22. The summed E-state index contributed by atoms with van der Waals surface area (Å²) in [7, 11) is 0. The highest BCUT2D eigenvalue weighted by molar-refractivity contribution is 6.82. The molecule has 1 rings (SSSR count). The first kappa shape index (κ1) is 14.9. The number of aryl methyl sites for hydroxylation is 1. The Bertz CT molecular complexity index is 531. The van der Waals surface area contributed by atoms with E-state index in [1.165, 1.54) is 12.1 Å². The lowest BCUT2D eigenvalue weighted by atomic mass is 10.2. The van der Waals surface area contributed by atoms with Crippen LogP contribution < -0.4 is 5.43 Å². The number of nitro benzene ring substituents is 1. The molecule has 1 N–H and O–H groups in total. The highest BCUT2D eigenvalue weighted by atomic mass is 35.5. The number of nitro groups is 1. The fraction of sp³-hybridized carbons (Fsp3) is 0.273. The zero-order chi connectivity index (χ0) is 14.4. The van der Waals surface area contributed by atoms with Gasteiger partial charge >= 0.3 is 5.97 Å². The van der Waals surface area contributed by atoms with E-state index in [1.807, 2.05) is 0 Å². The predicted octanol–water partition coefficient (Wildman–Crippen LogP) is 2.43. The van der Waals surface area contributed by atoms with Gasteiger partial charge in [0, 0.05) is 12.1 Å². The smallest absolute Gasteiger partial charge is 0.370 e. The first-order chi connectivity index (χ1) is 8.95. The summed E-state index contributed by atoms with van der Waals surface area (Å²) in [5, 5.41) is 13.9. The Labute approximate surface area is 114 Å². The van der Waals surface area contributed by atoms with Crippen LogP contribution >= 0.6 is 11.6 Å². The number of hydrogen-bond donors (Lipinski definition) is 1. The van der Waals surface area contributed by atoms with Crippen LogP contribution in [0, 0.1) is 17.0 Å². The van der Waals surface area contributed by atoms with Crippen LogP contribution in [0.15, 0.2) is 23.3 Å². The molecule has 19 heavy (non-hydrogen) atoms. The van der Waals surface area contributed by atoms with Crippen LogP contribution in [0.5, 0.6) is 0 Å². The summed E-state index contributed by atoms with van der Waals surface area (Å²) in [6, 6.07) is 4.24. The Balaban J connectivity index is 2.87. The SMILES string of the molecule is CCOC(=O)/C(Cl)=N/Nc1cc([N+](=O)[O-])ccc1C. The van der Waals surface area contributed by atoms with Crippen LogP contribution in [0.1, 0.15) is 12.5 Å². The normalized spacial score (nSPS) is 11.0. The molecular formula is C11H12ClN3O4. The molecule has 0 radical (unpaired) electrons. The van der Waals surface area contributed by atoms with Crippen molar-refractivity contribution in [3.8, 4) is 0 Å². The number of rotatable bonds is 5. The first-order valence-corrected chi connectivity index (χ1v) is 5.74. The van der Waals surface area contributed by atoms with Gasteiger partial charge in [0.25, 0.3) is 5.69 Å². The molecule has 0 aliphatic carbocycles. The molecule has 0 aliphatic heterocycles. The molecule has 1 aromatic rings. The minimum absolute atomic E-state index is 0.0874. The Morgan fingerprint density at radius 2 is 2.26 bits per heavy atom. The first-order valence-electron chi connectivity index (χ1n) is 5.37. The highest BCUT2D eigenvalue weighted by Crippen LogP contribution is 2.21. The summed E-state index contributed by atoms with van der Waals surface area (Å²) in [5.74, 6) is -0.764. The van der Waals surface area contributed by atoms with Crippen molar-refractivity contribution in [1.29, 1.82) is 0 Å². The maximum absolute atomic E-state index is 11.2. The fourth-order valence-corrected chi connectivity index (χ4v) is 1.29. The average molecular weight is 286 g/mol. The molecule has 1 aromatic carbocycles. The molecule has 0 heterocycles. The monoisotopic (exact) mass is 285 g/mol. The second kappa shape index (κ2) is 6.69. The summed E-state index contributed by atoms with van der Waals surface area (Å²) in [4.78, 5) is 21.3. The molecule has 0 saturated heterocycles. The average Bonchev–Trinajstić information content (AvgIpc) is 2.37. The van der Waals surface area contributed by atoms with E-state index in [4.69, 9.17) is 11.6 Å². The van der Waals surface area contributed by atoms with Gasteiger partial charge in [-0.05, 0) is 19.4 Å². The minimum atomic E-state index is -0.764. The van der Waals surface area contributed by atoms with Gasteiger partial charge in [-0.15, -0.1) is 0 Å². The Morgan fingerprint density at radius 1 is 1.58 bits per heavy atom. The van der Waals surface area contributed by atoms with E-state index in [1.54, 1.807) is 19.9 Å². The second-order valence-electron chi connectivity index (χ2n) is 3.49. The molecule has 0 atom stereocenters. The molecule has 0 aliphatic rings. The van der Waals surface area contributed by atoms with Crippen molar-refractivity contribution in [2.75, 3.05) is 12.0 Å². The van der Waals surface area contributed by atoms with Crippen LogP contribution in [0.4, 0.5) is 11.4 Å². The second-order valence-corrected chi connectivity index (χ2v) is 3.85. The molecule has 0 amide bonds. The van der Waals surface area contributed by atoms with E-state index in [-0.39, 0.29) is 17.5 Å². The molecule has 0 unspecified atom stereocenters. The van der Waals surface area contributed by atoms with Crippen LogP contribution in [0.2, 0.25) is 0 Å². The van der Waals surface area contributed by atoms with E-state index >= 15 is 0 Å². The van der Waals surface area contributed by atoms with Crippen molar-refractivity contribution in [1.82, 2.24) is 0 Å². The van der Waals surface area contributed by atoms with Crippen molar-refractivity contribution in [2.24, 2.45) is 5.10 Å². The maximum atomic E-state index is 11.2. The Hall–Kier alpha value is -2.15. The summed E-state index contributed by atoms with van der Waals surface area (Å²) in [6.45, 7) is 3.56. The van der Waals surface area contributed by atoms with E-state index < -0.39 is 10.9 Å². The number of non-ortho nitro benzene ring substituents is 1. The number of esters is 1. The molecular weight excluding hydrogens is 274 g/mol. The number of hydrogen-bond acceptors (Lipinski definition) is 6. The summed E-state index contributed by atoms with van der Waals surface area (Å²) >= 11 is 5.59. The number of carbonyl (C=O) groups is 1. The number of hydrazone groups is 1. The van der Waals surface area contributed by atoms with Gasteiger partial charge in [-0.1, -0.05) is 17.7 Å². The number of benzene rings is 1. The number of halogens is 1. The number of ether oxygens (including phenoxy) is 1. The van der Waals surface area contributed by atoms with Gasteiger partial charge < -0.3 is 4.74 Å². The lowest BCUT2D eigenvalue weighted by Gasteiger charge is -2.05. The molecule has 8 heteroatoms. The van der Waals surface area contributed by atoms with Gasteiger partial charge in [-0.25, -0.2) is 4.79 Å². The van der Waals surface area contributed by atoms with Gasteiger partial charge in [0.15, 0.2) is 0 Å². The van der Waals surface area contributed by atoms with Crippen LogP contribution in [-0.2, 0) is 9.53 Å². The Morgan fingerprint density at radius 3 is 2.84 bits per heavy atom. The molecule has 0 saturated carbocycles. The maximum Gasteiger partial charge on any atom is 0.370 e. The molecule has 7 nitrogen and oxygen atoms in total. The predicted molar refractivity (Wildman–Crippen MR) is 71.4 cm³/mol. The zero-order valence-corrected chi connectivity index (χ0v) is 11.1. The largest absolute Gasteiger partial charge is 0.461 e. The van der Waals surface area contributed by atoms with Crippen LogP contribution in [-0.4, -0.2) is 22.7 Å². The van der Waals surface area contributed by atoms with Crippen molar-refractivity contribution >= 4 is 34.1 Å². The minimum Gasteiger partial charge on any atom is -0.461 e. The third-order valence-electron chi connectivity index (χ3n) is 2.15. The Kier molecular flexibility index (Phi) is 5.25. The van der Waals surface area contributed by atoms with Crippen LogP contribution in [0.3, 0.4) is 0 Å². The third-order valence-corrected chi connectivity index (χ3v) is 2.39. The lowest BCUT2D eigenvalue weighted by molar-refractivity contribution is -0.384. The number of carbonyl (C=O) groups excluding carboxylic acids is 1. The summed E-state index contributed by atoms with van der Waals surface area (Å²) in [6.07, 6.45) is 0. The van der Waals surface area contributed by atoms with Gasteiger partial charge in [-0.2, -0.15) is 5.10 Å². The highest BCUT2D eigenvalue weighted by Gasteiger charge is 2.11. The molecule has 0 fully saturated rings. The van der Waals surface area contributed by atoms with E-state index in [0.29, 0.717) is 5.69 Å². The fourth-order valence-electron chi connectivity index (χ4n) is 1.19. The molecule has 102 valence electrons. The van der Waals surface area contributed by atoms with Gasteiger partial charge in [-0.3, -0.25) is 15.5 Å². The van der Waals surface area contributed by atoms with E-state index in [0.717, 1.165) is 5.56 Å². The van der Waals surface area contributed by atoms with Gasteiger partial charge in [0.05, 0.1) is 17.2 Å². The van der Waals surface area contributed by atoms with Crippen molar-refractivity contribution in [2.45, 2.75) is 13.8 Å². The van der Waals surface area contributed by atoms with Gasteiger partial charge in [0.1, 0.15) is 0 Å². The zero-order valence-electron chi connectivity index (χ0n) is 10.3. The van der Waals surface area contributed by atoms with Crippen molar-refractivity contribution in [3.05, 3.63) is 33.9 Å². The van der Waals surface area contributed by atoms with Crippen molar-refractivity contribution in [3.63, 3.8) is 0 Å². The summed E-state index contributed by atoms with van der Waals surface area (Å²) in [5.41, 5.74) is 3.52. The molecule has 0 spiro atoms. The quantitative estimate of drug-likeness (QED) is 0.388. The standard InChI is InChI=1S/C11H12ClN3O4/c1-3-19-11(16)10(12)14-13-9-6-8(15(17)18)5-4-7(9)2/h4-6,13H,3H2,1-2H3/b14-10-. The molecule has 0 aromatic heterocycles. The number of nitrogens with zero attached hydrogens (tertiary/aromatic N) is 2.